The third kappa shape index (κ3) is 1.19. The largest absolute Gasteiger partial charge is 0.325 e. The Labute approximate surface area is 80.2 Å². The molecular weight excluding hydrogens is 183 g/mol. The Kier molecular flexibility index (Phi) is 1.84. The molecular formula is C10H9FN2O. The number of fused-ring (bicyclic) bond motifs is 1. The maximum absolute atomic E-state index is 12.8. The Morgan fingerprint density at radius 2 is 2.21 bits per heavy atom. The number of carbonyl (C=O) groups is 1. The van der Waals surface area contributed by atoms with E-state index in [2.05, 4.69) is 4.98 Å². The Balaban J connectivity index is 2.79. The van der Waals surface area contributed by atoms with E-state index in [1.807, 2.05) is 0 Å². The average molecular weight is 192 g/mol. The molecule has 3 nitrogen and oxygen atoms in total. The van der Waals surface area contributed by atoms with Crippen LogP contribution < -0.4 is 0 Å². The lowest BCUT2D eigenvalue weighted by Crippen LogP contribution is -2.02. The first-order valence-corrected chi connectivity index (χ1v) is 4.22. The van der Waals surface area contributed by atoms with Gasteiger partial charge in [-0.1, -0.05) is 0 Å². The lowest BCUT2D eigenvalue weighted by molar-refractivity contribution is 0.100. The number of ketones is 1. The molecule has 0 saturated heterocycles. The van der Waals surface area contributed by atoms with Gasteiger partial charge in [0.25, 0.3) is 0 Å². The molecule has 14 heavy (non-hydrogen) atoms. The molecule has 0 aliphatic heterocycles. The first-order chi connectivity index (χ1) is 6.59. The van der Waals surface area contributed by atoms with Crippen LogP contribution in [0.15, 0.2) is 18.2 Å². The van der Waals surface area contributed by atoms with E-state index in [0.29, 0.717) is 11.3 Å². The van der Waals surface area contributed by atoms with Crippen LogP contribution in [0.5, 0.6) is 0 Å². The molecule has 1 aromatic carbocycles. The summed E-state index contributed by atoms with van der Waals surface area (Å²) in [6.07, 6.45) is 0. The minimum Gasteiger partial charge on any atom is -0.325 e. The van der Waals surface area contributed by atoms with Gasteiger partial charge in [0.05, 0.1) is 11.0 Å². The summed E-state index contributed by atoms with van der Waals surface area (Å²) in [5.41, 5.74) is 1.27. The predicted octanol–water partition coefficient (Wildman–Crippen LogP) is 1.91. The SMILES string of the molecule is CC(=O)c1nc2cc(F)ccc2n1C. The highest BCUT2D eigenvalue weighted by Crippen LogP contribution is 2.16. The smallest absolute Gasteiger partial charge is 0.195 e. The van der Waals surface area contributed by atoms with E-state index in [-0.39, 0.29) is 11.6 Å². The molecule has 0 bridgehead atoms. The zero-order valence-corrected chi connectivity index (χ0v) is 7.91. The lowest BCUT2D eigenvalue weighted by Gasteiger charge is -1.96. The van der Waals surface area contributed by atoms with E-state index in [4.69, 9.17) is 0 Å². The number of aryl methyl sites for hydroxylation is 1. The van der Waals surface area contributed by atoms with E-state index in [1.165, 1.54) is 19.1 Å². The van der Waals surface area contributed by atoms with Gasteiger partial charge in [-0.25, -0.2) is 9.37 Å². The summed E-state index contributed by atoms with van der Waals surface area (Å²) >= 11 is 0. The maximum Gasteiger partial charge on any atom is 0.195 e. The highest BCUT2D eigenvalue weighted by Gasteiger charge is 2.11. The number of Topliss-reactive ketones (excluding diaryl/α,β-unsaturated/α-hetero) is 1. The molecule has 1 aromatic heterocycles. The molecule has 0 saturated carbocycles. The van der Waals surface area contributed by atoms with Crippen molar-refractivity contribution in [3.05, 3.63) is 29.8 Å². The van der Waals surface area contributed by atoms with Crippen LogP contribution in [0.2, 0.25) is 0 Å². The van der Waals surface area contributed by atoms with Crippen molar-refractivity contribution in [2.75, 3.05) is 0 Å². The minimum absolute atomic E-state index is 0.121. The van der Waals surface area contributed by atoms with E-state index in [1.54, 1.807) is 17.7 Å². The third-order valence-corrected chi connectivity index (χ3v) is 2.16. The van der Waals surface area contributed by atoms with Gasteiger partial charge in [0.1, 0.15) is 5.82 Å². The molecule has 2 rings (SSSR count). The Bertz CT molecular complexity index is 516. The molecule has 0 fully saturated rings. The van der Waals surface area contributed by atoms with Crippen LogP contribution in [0.3, 0.4) is 0 Å². The summed E-state index contributed by atoms with van der Waals surface area (Å²) in [6, 6.07) is 4.29. The highest BCUT2D eigenvalue weighted by atomic mass is 19.1. The number of hydrogen-bond donors (Lipinski definition) is 0. The summed E-state index contributed by atoms with van der Waals surface area (Å²) < 4.78 is 14.5. The molecule has 0 aliphatic rings. The van der Waals surface area contributed by atoms with Crippen LogP contribution in [-0.4, -0.2) is 15.3 Å². The van der Waals surface area contributed by atoms with Crippen molar-refractivity contribution in [2.45, 2.75) is 6.92 Å². The third-order valence-electron chi connectivity index (χ3n) is 2.16. The monoisotopic (exact) mass is 192 g/mol. The second-order valence-electron chi connectivity index (χ2n) is 3.18. The van der Waals surface area contributed by atoms with Crippen LogP contribution >= 0.6 is 0 Å². The van der Waals surface area contributed by atoms with E-state index >= 15 is 0 Å². The van der Waals surface area contributed by atoms with Crippen LogP contribution in [0, 0.1) is 5.82 Å². The predicted molar refractivity (Wildman–Crippen MR) is 50.7 cm³/mol. The van der Waals surface area contributed by atoms with Crippen molar-refractivity contribution in [2.24, 2.45) is 7.05 Å². The molecule has 0 unspecified atom stereocenters. The summed E-state index contributed by atoms with van der Waals surface area (Å²) in [7, 11) is 1.74. The zero-order chi connectivity index (χ0) is 10.3. The van der Waals surface area contributed by atoms with Crippen molar-refractivity contribution in [3.63, 3.8) is 0 Å². The Morgan fingerprint density at radius 1 is 1.50 bits per heavy atom. The van der Waals surface area contributed by atoms with Gasteiger partial charge in [0, 0.05) is 20.0 Å². The summed E-state index contributed by atoms with van der Waals surface area (Å²) in [4.78, 5) is 15.2. The lowest BCUT2D eigenvalue weighted by atomic mass is 10.3. The number of carbonyl (C=O) groups excluding carboxylic acids is 1. The summed E-state index contributed by atoms with van der Waals surface area (Å²) in [5.74, 6) is -0.111. The first kappa shape index (κ1) is 8.87. The van der Waals surface area contributed by atoms with Crippen molar-refractivity contribution in [1.82, 2.24) is 9.55 Å². The summed E-state index contributed by atoms with van der Waals surface area (Å²) in [5, 5.41) is 0. The number of rotatable bonds is 1. The fourth-order valence-corrected chi connectivity index (χ4v) is 1.49. The summed E-state index contributed by atoms with van der Waals surface area (Å²) in [6.45, 7) is 1.44. The number of hydrogen-bond acceptors (Lipinski definition) is 2. The Morgan fingerprint density at radius 3 is 2.86 bits per heavy atom. The average Bonchev–Trinajstić information content (AvgIpc) is 2.43. The van der Waals surface area contributed by atoms with Gasteiger partial charge in [-0.3, -0.25) is 4.79 Å². The van der Waals surface area contributed by atoms with Crippen LogP contribution in [0.1, 0.15) is 17.5 Å². The molecule has 0 aliphatic carbocycles. The van der Waals surface area contributed by atoms with Gasteiger partial charge in [-0.05, 0) is 12.1 Å². The molecule has 2 aromatic rings. The van der Waals surface area contributed by atoms with E-state index in [9.17, 15) is 9.18 Å². The molecule has 0 spiro atoms. The van der Waals surface area contributed by atoms with Crippen LogP contribution in [0.25, 0.3) is 11.0 Å². The number of halogens is 1. The quantitative estimate of drug-likeness (QED) is 0.647. The standard InChI is InChI=1S/C10H9FN2O/c1-6(14)10-12-8-5-7(11)3-4-9(8)13(10)2/h3-5H,1-2H3. The van der Waals surface area contributed by atoms with E-state index in [0.717, 1.165) is 5.52 Å². The van der Waals surface area contributed by atoms with Crippen LogP contribution in [-0.2, 0) is 7.05 Å². The van der Waals surface area contributed by atoms with Crippen LogP contribution in [0.4, 0.5) is 4.39 Å². The fourth-order valence-electron chi connectivity index (χ4n) is 1.49. The van der Waals surface area contributed by atoms with Gasteiger partial charge in [-0.15, -0.1) is 0 Å². The van der Waals surface area contributed by atoms with Crippen molar-refractivity contribution >= 4 is 16.8 Å². The van der Waals surface area contributed by atoms with Crippen molar-refractivity contribution < 1.29 is 9.18 Å². The fraction of sp³-hybridized carbons (Fsp3) is 0.200. The van der Waals surface area contributed by atoms with Gasteiger partial charge in [-0.2, -0.15) is 0 Å². The zero-order valence-electron chi connectivity index (χ0n) is 7.91. The molecule has 0 atom stereocenters. The molecule has 0 radical (unpaired) electrons. The molecule has 0 N–H and O–H groups in total. The van der Waals surface area contributed by atoms with Crippen molar-refractivity contribution in [3.8, 4) is 0 Å². The second-order valence-corrected chi connectivity index (χ2v) is 3.18. The highest BCUT2D eigenvalue weighted by molar-refractivity contribution is 5.94. The number of imidazole rings is 1. The van der Waals surface area contributed by atoms with Gasteiger partial charge >= 0.3 is 0 Å². The topological polar surface area (TPSA) is 34.9 Å². The number of benzene rings is 1. The normalized spacial score (nSPS) is 10.8. The first-order valence-electron chi connectivity index (χ1n) is 4.22. The molecule has 72 valence electrons. The second kappa shape index (κ2) is 2.90. The molecule has 0 amide bonds. The number of aromatic nitrogens is 2. The molecule has 4 heteroatoms. The van der Waals surface area contributed by atoms with Gasteiger partial charge in [0.2, 0.25) is 0 Å². The van der Waals surface area contributed by atoms with Gasteiger partial charge in [0.15, 0.2) is 11.6 Å². The molecule has 1 heterocycles. The van der Waals surface area contributed by atoms with Crippen molar-refractivity contribution in [1.29, 1.82) is 0 Å². The maximum atomic E-state index is 12.8. The van der Waals surface area contributed by atoms with E-state index < -0.39 is 0 Å². The number of nitrogens with zero attached hydrogens (tertiary/aromatic N) is 2. The van der Waals surface area contributed by atoms with Gasteiger partial charge < -0.3 is 4.57 Å². The Hall–Kier alpha value is -1.71. The minimum atomic E-state index is -0.342.